The first-order chi connectivity index (χ1) is 10.0. The van der Waals surface area contributed by atoms with Gasteiger partial charge in [0, 0.05) is 32.4 Å². The van der Waals surface area contributed by atoms with Crippen LogP contribution >= 0.6 is 0 Å². The monoisotopic (exact) mass is 290 g/mol. The van der Waals surface area contributed by atoms with Gasteiger partial charge in [-0.25, -0.2) is 0 Å². The van der Waals surface area contributed by atoms with Crippen molar-refractivity contribution in [3.05, 3.63) is 35.9 Å². The van der Waals surface area contributed by atoms with Crippen LogP contribution in [0.2, 0.25) is 0 Å². The van der Waals surface area contributed by atoms with E-state index in [1.54, 1.807) is 13.0 Å². The Balaban J connectivity index is 2.38. The maximum absolute atomic E-state index is 11.6. The molecular formula is C16H22N2O3. The Labute approximate surface area is 125 Å². The van der Waals surface area contributed by atoms with E-state index in [1.807, 2.05) is 43.3 Å². The number of amides is 1. The number of anilines is 1. The molecule has 5 nitrogen and oxygen atoms in total. The van der Waals surface area contributed by atoms with Gasteiger partial charge < -0.3 is 15.0 Å². The van der Waals surface area contributed by atoms with Gasteiger partial charge in [-0.05, 0) is 30.7 Å². The predicted molar refractivity (Wildman–Crippen MR) is 84.1 cm³/mol. The van der Waals surface area contributed by atoms with Crippen molar-refractivity contribution in [1.82, 2.24) is 5.32 Å². The van der Waals surface area contributed by atoms with E-state index < -0.39 is 0 Å². The lowest BCUT2D eigenvalue weighted by molar-refractivity contribution is -0.142. The summed E-state index contributed by atoms with van der Waals surface area (Å²) in [5.41, 5.74) is 2.05. The summed E-state index contributed by atoms with van der Waals surface area (Å²) < 4.78 is 4.77. The van der Waals surface area contributed by atoms with Crippen LogP contribution in [0.3, 0.4) is 0 Å². The normalized spacial score (nSPS) is 10.4. The molecule has 0 heterocycles. The number of rotatable bonds is 7. The van der Waals surface area contributed by atoms with E-state index in [9.17, 15) is 9.59 Å². The maximum atomic E-state index is 11.6. The SMILES string of the molecule is CCOC(=O)CCNC(=O)C=Cc1ccc(N(C)C)cc1. The third kappa shape index (κ3) is 6.61. The average Bonchev–Trinajstić information content (AvgIpc) is 2.46. The fourth-order valence-corrected chi connectivity index (χ4v) is 1.64. The number of benzene rings is 1. The van der Waals surface area contributed by atoms with Gasteiger partial charge in [0.05, 0.1) is 13.0 Å². The summed E-state index contributed by atoms with van der Waals surface area (Å²) in [5, 5.41) is 2.64. The van der Waals surface area contributed by atoms with Crippen LogP contribution in [-0.2, 0) is 14.3 Å². The molecule has 0 unspecified atom stereocenters. The average molecular weight is 290 g/mol. The number of ether oxygens (including phenoxy) is 1. The summed E-state index contributed by atoms with van der Waals surface area (Å²) >= 11 is 0. The van der Waals surface area contributed by atoms with Crippen molar-refractivity contribution in [2.45, 2.75) is 13.3 Å². The molecule has 0 aliphatic rings. The van der Waals surface area contributed by atoms with E-state index in [-0.39, 0.29) is 24.8 Å². The lowest BCUT2D eigenvalue weighted by Crippen LogP contribution is -2.24. The van der Waals surface area contributed by atoms with E-state index in [4.69, 9.17) is 4.74 Å². The summed E-state index contributed by atoms with van der Waals surface area (Å²) in [4.78, 5) is 24.7. The van der Waals surface area contributed by atoms with Gasteiger partial charge in [0.1, 0.15) is 0 Å². The number of hydrogen-bond acceptors (Lipinski definition) is 4. The molecule has 5 heteroatoms. The molecule has 1 rings (SSSR count). The zero-order valence-corrected chi connectivity index (χ0v) is 12.8. The van der Waals surface area contributed by atoms with Crippen LogP contribution in [-0.4, -0.2) is 39.1 Å². The zero-order valence-electron chi connectivity index (χ0n) is 12.8. The minimum Gasteiger partial charge on any atom is -0.466 e. The van der Waals surface area contributed by atoms with Gasteiger partial charge >= 0.3 is 5.97 Å². The maximum Gasteiger partial charge on any atom is 0.307 e. The number of hydrogen-bond donors (Lipinski definition) is 1. The van der Waals surface area contributed by atoms with E-state index in [1.165, 1.54) is 6.08 Å². The molecule has 21 heavy (non-hydrogen) atoms. The third-order valence-electron chi connectivity index (χ3n) is 2.77. The van der Waals surface area contributed by atoms with Crippen molar-refractivity contribution < 1.29 is 14.3 Å². The van der Waals surface area contributed by atoms with Gasteiger partial charge in [-0.15, -0.1) is 0 Å². The molecule has 0 aliphatic heterocycles. The molecule has 0 saturated heterocycles. The van der Waals surface area contributed by atoms with E-state index in [2.05, 4.69) is 5.32 Å². The van der Waals surface area contributed by atoms with E-state index in [0.29, 0.717) is 6.61 Å². The molecular weight excluding hydrogens is 268 g/mol. The Morgan fingerprint density at radius 2 is 1.90 bits per heavy atom. The molecule has 1 aromatic carbocycles. The molecule has 0 aliphatic carbocycles. The Morgan fingerprint density at radius 1 is 1.24 bits per heavy atom. The number of nitrogens with zero attached hydrogens (tertiary/aromatic N) is 1. The predicted octanol–water partition coefficient (Wildman–Crippen LogP) is 1.84. The highest BCUT2D eigenvalue weighted by molar-refractivity contribution is 5.91. The highest BCUT2D eigenvalue weighted by Crippen LogP contribution is 2.12. The molecule has 0 bridgehead atoms. The van der Waals surface area contributed by atoms with Crippen molar-refractivity contribution >= 4 is 23.6 Å². The molecule has 1 N–H and O–H groups in total. The molecule has 1 amide bonds. The quantitative estimate of drug-likeness (QED) is 0.615. The standard InChI is InChI=1S/C16H22N2O3/c1-4-21-16(20)11-12-17-15(19)10-7-13-5-8-14(9-6-13)18(2)3/h5-10H,4,11-12H2,1-3H3,(H,17,19). The highest BCUT2D eigenvalue weighted by atomic mass is 16.5. The second-order valence-corrected chi connectivity index (χ2v) is 4.67. The van der Waals surface area contributed by atoms with Gasteiger partial charge in [0.15, 0.2) is 0 Å². The molecule has 114 valence electrons. The van der Waals surface area contributed by atoms with Crippen molar-refractivity contribution in [3.63, 3.8) is 0 Å². The van der Waals surface area contributed by atoms with Crippen LogP contribution in [0.15, 0.2) is 30.3 Å². The van der Waals surface area contributed by atoms with Gasteiger partial charge in [-0.3, -0.25) is 9.59 Å². The van der Waals surface area contributed by atoms with Crippen LogP contribution in [0.4, 0.5) is 5.69 Å². The Hall–Kier alpha value is -2.30. The molecule has 0 saturated carbocycles. The second-order valence-electron chi connectivity index (χ2n) is 4.67. The third-order valence-corrected chi connectivity index (χ3v) is 2.77. The van der Waals surface area contributed by atoms with Crippen molar-refractivity contribution in [1.29, 1.82) is 0 Å². The first kappa shape index (κ1) is 16.8. The van der Waals surface area contributed by atoms with Crippen LogP contribution < -0.4 is 10.2 Å². The Bertz CT molecular complexity index is 493. The minimum atomic E-state index is -0.305. The first-order valence-corrected chi connectivity index (χ1v) is 6.92. The van der Waals surface area contributed by atoms with E-state index >= 15 is 0 Å². The second kappa shape index (κ2) is 8.79. The number of esters is 1. The Kier molecular flexibility index (Phi) is 7.01. The highest BCUT2D eigenvalue weighted by Gasteiger charge is 2.02. The zero-order chi connectivity index (χ0) is 15.7. The molecule has 0 spiro atoms. The van der Waals surface area contributed by atoms with Gasteiger partial charge in [0.25, 0.3) is 0 Å². The van der Waals surface area contributed by atoms with Crippen molar-refractivity contribution in [2.75, 3.05) is 32.1 Å². The lowest BCUT2D eigenvalue weighted by Gasteiger charge is -2.11. The first-order valence-electron chi connectivity index (χ1n) is 6.92. The topological polar surface area (TPSA) is 58.6 Å². The van der Waals surface area contributed by atoms with Crippen molar-refractivity contribution in [3.8, 4) is 0 Å². The van der Waals surface area contributed by atoms with Gasteiger partial charge in [-0.1, -0.05) is 12.1 Å². The molecule has 0 atom stereocenters. The fourth-order valence-electron chi connectivity index (χ4n) is 1.64. The minimum absolute atomic E-state index is 0.185. The molecule has 0 radical (unpaired) electrons. The largest absolute Gasteiger partial charge is 0.466 e. The summed E-state index contributed by atoms with van der Waals surface area (Å²) in [6, 6.07) is 7.85. The molecule has 1 aromatic rings. The lowest BCUT2D eigenvalue weighted by atomic mass is 10.2. The van der Waals surface area contributed by atoms with Crippen LogP contribution in [0.1, 0.15) is 18.9 Å². The number of carbonyl (C=O) groups excluding carboxylic acids is 2. The van der Waals surface area contributed by atoms with Crippen molar-refractivity contribution in [2.24, 2.45) is 0 Å². The summed E-state index contributed by atoms with van der Waals surface area (Å²) in [6.45, 7) is 2.39. The molecule has 0 fully saturated rings. The summed E-state index contributed by atoms with van der Waals surface area (Å²) in [6.07, 6.45) is 3.37. The van der Waals surface area contributed by atoms with E-state index in [0.717, 1.165) is 11.3 Å². The van der Waals surface area contributed by atoms with Gasteiger partial charge in [-0.2, -0.15) is 0 Å². The van der Waals surface area contributed by atoms with Gasteiger partial charge in [0.2, 0.25) is 5.91 Å². The number of carbonyl (C=O) groups is 2. The van der Waals surface area contributed by atoms with Crippen LogP contribution in [0.5, 0.6) is 0 Å². The molecule has 0 aromatic heterocycles. The number of nitrogens with one attached hydrogen (secondary N) is 1. The summed E-state index contributed by atoms with van der Waals surface area (Å²) in [7, 11) is 3.95. The smallest absolute Gasteiger partial charge is 0.307 e. The fraction of sp³-hybridized carbons (Fsp3) is 0.375. The summed E-state index contributed by atoms with van der Waals surface area (Å²) in [5.74, 6) is -0.531. The Morgan fingerprint density at radius 3 is 2.48 bits per heavy atom. The van der Waals surface area contributed by atoms with Crippen LogP contribution in [0.25, 0.3) is 6.08 Å². The van der Waals surface area contributed by atoms with Crippen LogP contribution in [0, 0.1) is 0 Å².